The number of alkyl halides is 3. The number of anilines is 1. The maximum Gasteiger partial charge on any atom is 0.573 e. The van der Waals surface area contributed by atoms with Crippen LogP contribution in [0, 0.1) is 5.92 Å². The second-order valence-electron chi connectivity index (χ2n) is 10.1. The van der Waals surface area contributed by atoms with Crippen molar-refractivity contribution in [3.63, 3.8) is 0 Å². The van der Waals surface area contributed by atoms with E-state index in [4.69, 9.17) is 10.7 Å². The van der Waals surface area contributed by atoms with Gasteiger partial charge in [0.05, 0.1) is 12.5 Å². The fraction of sp³-hybridized carbons (Fsp3) is 0.345. The van der Waals surface area contributed by atoms with Gasteiger partial charge in [-0.15, -0.1) is 13.2 Å². The highest BCUT2D eigenvalue weighted by molar-refractivity contribution is 5.78. The summed E-state index contributed by atoms with van der Waals surface area (Å²) in [7, 11) is 0. The van der Waals surface area contributed by atoms with E-state index >= 15 is 0 Å². The summed E-state index contributed by atoms with van der Waals surface area (Å²) in [6.07, 6.45) is -1.76. The zero-order valence-electron chi connectivity index (χ0n) is 22.0. The summed E-state index contributed by atoms with van der Waals surface area (Å²) >= 11 is 0. The van der Waals surface area contributed by atoms with E-state index < -0.39 is 18.2 Å². The van der Waals surface area contributed by atoms with Crippen molar-refractivity contribution in [2.24, 2.45) is 11.7 Å². The largest absolute Gasteiger partial charge is 0.573 e. The summed E-state index contributed by atoms with van der Waals surface area (Å²) in [5, 5.41) is 6.86. The number of ether oxygens (including phenoxy) is 1. The summed E-state index contributed by atoms with van der Waals surface area (Å²) in [4.78, 5) is 21.9. The zero-order chi connectivity index (χ0) is 28.3. The number of carbonyl (C=O) groups excluding carboxylic acids is 1. The third-order valence-corrected chi connectivity index (χ3v) is 7.32. The average Bonchev–Trinajstić information content (AvgIpc) is 3.55. The van der Waals surface area contributed by atoms with Crippen molar-refractivity contribution in [2.45, 2.75) is 44.6 Å². The maximum atomic E-state index is 12.7. The molecule has 2 aromatic heterocycles. The smallest absolute Gasteiger partial charge is 0.406 e. The lowest BCUT2D eigenvalue weighted by molar-refractivity contribution is -0.274. The van der Waals surface area contributed by atoms with Crippen LogP contribution in [0.4, 0.5) is 18.9 Å². The number of benzene rings is 2. The first-order valence-electron chi connectivity index (χ1n) is 13.2. The van der Waals surface area contributed by atoms with Crippen molar-refractivity contribution in [3.05, 3.63) is 83.8 Å². The van der Waals surface area contributed by atoms with Crippen LogP contribution in [-0.4, -0.2) is 45.9 Å². The lowest BCUT2D eigenvalue weighted by Crippen LogP contribution is -2.30. The predicted octanol–water partition coefficient (Wildman–Crippen LogP) is 4.60. The van der Waals surface area contributed by atoms with Gasteiger partial charge in [-0.2, -0.15) is 0 Å². The first-order chi connectivity index (χ1) is 19.2. The fourth-order valence-corrected chi connectivity index (χ4v) is 5.16. The summed E-state index contributed by atoms with van der Waals surface area (Å²) in [5.74, 6) is -0.844. The van der Waals surface area contributed by atoms with Gasteiger partial charge in [0.2, 0.25) is 5.91 Å². The number of nitrogens with one attached hydrogen (secondary N) is 2. The number of aromatic nitrogens is 3. The Morgan fingerprint density at radius 2 is 1.93 bits per heavy atom. The average molecular weight is 553 g/mol. The zero-order valence-corrected chi connectivity index (χ0v) is 22.0. The molecule has 210 valence electrons. The molecule has 0 radical (unpaired) electrons. The monoisotopic (exact) mass is 552 g/mol. The Labute approximate surface area is 229 Å². The van der Waals surface area contributed by atoms with Crippen LogP contribution in [0.3, 0.4) is 0 Å². The number of hydrogen-bond acceptors (Lipinski definition) is 6. The van der Waals surface area contributed by atoms with Gasteiger partial charge in [0.1, 0.15) is 17.1 Å². The molecule has 1 amide bonds. The summed E-state index contributed by atoms with van der Waals surface area (Å²) in [6, 6.07) is 17.7. The van der Waals surface area contributed by atoms with Gasteiger partial charge >= 0.3 is 6.36 Å². The van der Waals surface area contributed by atoms with Gasteiger partial charge in [-0.3, -0.25) is 4.79 Å². The second-order valence-corrected chi connectivity index (χ2v) is 10.1. The Balaban J connectivity index is 1.37. The molecule has 0 saturated carbocycles. The Hall–Kier alpha value is -4.12. The number of nitrogens with two attached hydrogens (primary N) is 1. The maximum absolute atomic E-state index is 12.7. The highest BCUT2D eigenvalue weighted by Crippen LogP contribution is 2.30. The van der Waals surface area contributed by atoms with E-state index in [0.29, 0.717) is 29.6 Å². The third kappa shape index (κ3) is 6.53. The van der Waals surface area contributed by atoms with Crippen LogP contribution >= 0.6 is 0 Å². The Morgan fingerprint density at radius 1 is 1.18 bits per heavy atom. The van der Waals surface area contributed by atoms with Crippen LogP contribution < -0.4 is 21.1 Å². The molecule has 1 saturated heterocycles. The fourth-order valence-electron chi connectivity index (χ4n) is 5.16. The molecule has 4 N–H and O–H groups in total. The van der Waals surface area contributed by atoms with Gasteiger partial charge in [0, 0.05) is 30.9 Å². The normalized spacial score (nSPS) is 17.1. The van der Waals surface area contributed by atoms with Crippen LogP contribution in [0.1, 0.15) is 36.2 Å². The van der Waals surface area contributed by atoms with Gasteiger partial charge in [-0.05, 0) is 66.4 Å². The number of primary amides is 1. The van der Waals surface area contributed by atoms with Gasteiger partial charge in [0.25, 0.3) is 0 Å². The third-order valence-electron chi connectivity index (χ3n) is 7.32. The van der Waals surface area contributed by atoms with E-state index in [-0.39, 0.29) is 18.1 Å². The number of amides is 1. The molecule has 0 bridgehead atoms. The van der Waals surface area contributed by atoms with Crippen LogP contribution in [0.15, 0.2) is 66.9 Å². The number of nitrogens with zero attached hydrogens (tertiary/aromatic N) is 3. The van der Waals surface area contributed by atoms with Crippen LogP contribution in [0.25, 0.3) is 11.2 Å². The van der Waals surface area contributed by atoms with E-state index in [0.717, 1.165) is 36.3 Å². The highest BCUT2D eigenvalue weighted by atomic mass is 19.4. The summed E-state index contributed by atoms with van der Waals surface area (Å²) in [5.41, 5.74) is 9.92. The SMILES string of the molecule is C[C@H](c1ccc(N[C@H]2CCNC2)cc1)C(Cc1nc2cccnc2n1Cc1ccc(OC(F)(F)F)cc1)C(N)=O. The number of rotatable bonds is 10. The van der Waals surface area contributed by atoms with Gasteiger partial charge in [-0.25, -0.2) is 9.97 Å². The van der Waals surface area contributed by atoms with Crippen molar-refractivity contribution in [1.29, 1.82) is 0 Å². The van der Waals surface area contributed by atoms with E-state index in [1.807, 2.05) is 41.8 Å². The molecule has 4 aromatic rings. The Bertz CT molecular complexity index is 1450. The summed E-state index contributed by atoms with van der Waals surface area (Å²) < 4.78 is 43.6. The minimum atomic E-state index is -4.76. The topological polar surface area (TPSA) is 107 Å². The van der Waals surface area contributed by atoms with Crippen molar-refractivity contribution in [2.75, 3.05) is 18.4 Å². The highest BCUT2D eigenvalue weighted by Gasteiger charge is 2.31. The molecule has 11 heteroatoms. The van der Waals surface area contributed by atoms with Crippen molar-refractivity contribution < 1.29 is 22.7 Å². The van der Waals surface area contributed by atoms with Crippen molar-refractivity contribution in [1.82, 2.24) is 19.9 Å². The number of imidazole rings is 1. The van der Waals surface area contributed by atoms with E-state index in [1.54, 1.807) is 24.4 Å². The Kier molecular flexibility index (Phi) is 7.92. The molecule has 1 aliphatic rings. The number of halogens is 3. The minimum absolute atomic E-state index is 0.181. The molecular formula is C29H31F3N6O2. The van der Waals surface area contributed by atoms with Gasteiger partial charge in [0.15, 0.2) is 5.65 Å². The standard InChI is InChI=1S/C29H31F3N6O2/c1-18(20-6-8-21(9-7-20)36-22-12-14-34-16-22)24(27(33)39)15-26-37-25-3-2-13-35-28(25)38(26)17-19-4-10-23(11-5-19)40-29(30,31)32/h2-11,13,18,22,24,34,36H,12,14-17H2,1H3,(H2,33,39)/t18-,22+,24?/m1/s1. The first kappa shape index (κ1) is 27.4. The predicted molar refractivity (Wildman–Crippen MR) is 146 cm³/mol. The van der Waals surface area contributed by atoms with Crippen LogP contribution in [-0.2, 0) is 17.8 Å². The van der Waals surface area contributed by atoms with Gasteiger partial charge < -0.3 is 25.7 Å². The quantitative estimate of drug-likeness (QED) is 0.266. The van der Waals surface area contributed by atoms with E-state index in [9.17, 15) is 18.0 Å². The van der Waals surface area contributed by atoms with Crippen LogP contribution in [0.5, 0.6) is 5.75 Å². The van der Waals surface area contributed by atoms with Crippen molar-refractivity contribution in [3.8, 4) is 5.75 Å². The number of hydrogen-bond donors (Lipinski definition) is 3. The minimum Gasteiger partial charge on any atom is -0.406 e. The lowest BCUT2D eigenvalue weighted by Gasteiger charge is -2.22. The molecule has 1 unspecified atom stereocenters. The molecular weight excluding hydrogens is 521 g/mol. The van der Waals surface area contributed by atoms with Crippen molar-refractivity contribution >= 4 is 22.8 Å². The molecule has 1 fully saturated rings. The number of fused-ring (bicyclic) bond motifs is 1. The number of pyridine rings is 1. The molecule has 8 nitrogen and oxygen atoms in total. The first-order valence-corrected chi connectivity index (χ1v) is 13.2. The second kappa shape index (κ2) is 11.5. The number of carbonyl (C=O) groups is 1. The van der Waals surface area contributed by atoms with E-state index in [1.165, 1.54) is 12.1 Å². The summed E-state index contributed by atoms with van der Waals surface area (Å²) in [6.45, 7) is 4.21. The van der Waals surface area contributed by atoms with Crippen LogP contribution in [0.2, 0.25) is 0 Å². The molecule has 5 rings (SSSR count). The molecule has 3 heterocycles. The Morgan fingerprint density at radius 3 is 2.58 bits per heavy atom. The lowest BCUT2D eigenvalue weighted by atomic mass is 9.84. The van der Waals surface area contributed by atoms with E-state index in [2.05, 4.69) is 20.4 Å². The molecule has 40 heavy (non-hydrogen) atoms. The molecule has 0 aliphatic carbocycles. The molecule has 3 atom stereocenters. The van der Waals surface area contributed by atoms with Gasteiger partial charge in [-0.1, -0.05) is 31.2 Å². The molecule has 1 aliphatic heterocycles. The molecule has 0 spiro atoms. The molecule has 2 aromatic carbocycles.